The Hall–Kier alpha value is 0.239. The van der Waals surface area contributed by atoms with E-state index in [2.05, 4.69) is 23.9 Å². The van der Waals surface area contributed by atoms with Crippen LogP contribution in [0.15, 0.2) is 10.3 Å². The normalized spacial score (nSPS) is 19.0. The summed E-state index contributed by atoms with van der Waals surface area (Å²) in [5, 5.41) is 0. The standard InChI is InChI=1S/C6H10BSi2/c1-7(2)5-3-4-9-6(5)8/h3-4H2,1-2H3. The number of rotatable bonds is 1. The van der Waals surface area contributed by atoms with Gasteiger partial charge in [0.25, 0.3) is 0 Å². The molecule has 0 bridgehead atoms. The van der Waals surface area contributed by atoms with E-state index in [1.807, 2.05) is 0 Å². The fraction of sp³-hybridized carbons (Fsp3) is 0.667. The maximum Gasteiger partial charge on any atom is 0.163 e. The van der Waals surface area contributed by atoms with Gasteiger partial charge in [-0.1, -0.05) is 19.7 Å². The molecule has 0 fully saturated rings. The van der Waals surface area contributed by atoms with Gasteiger partial charge >= 0.3 is 0 Å². The van der Waals surface area contributed by atoms with Gasteiger partial charge in [-0.05, 0) is 6.42 Å². The van der Waals surface area contributed by atoms with E-state index in [1.165, 1.54) is 17.3 Å². The molecule has 0 N–H and O–H groups in total. The molecule has 1 rings (SSSR count). The molecule has 0 saturated carbocycles. The van der Waals surface area contributed by atoms with E-state index in [0.717, 1.165) is 16.2 Å². The molecule has 0 aromatic carbocycles. The second kappa shape index (κ2) is 2.88. The van der Waals surface area contributed by atoms with Crippen LogP contribution in [0, 0.1) is 0 Å². The first-order valence-corrected chi connectivity index (χ1v) is 5.11. The molecule has 0 amide bonds. The summed E-state index contributed by atoms with van der Waals surface area (Å²) in [6.07, 6.45) is 1.33. The van der Waals surface area contributed by atoms with Gasteiger partial charge < -0.3 is 0 Å². The van der Waals surface area contributed by atoms with Gasteiger partial charge in [-0.25, -0.2) is 0 Å². The van der Waals surface area contributed by atoms with Crippen LogP contribution in [0.1, 0.15) is 6.42 Å². The molecule has 0 aliphatic carbocycles. The predicted molar refractivity (Wildman–Crippen MR) is 45.4 cm³/mol. The van der Waals surface area contributed by atoms with Crippen molar-refractivity contribution in [2.75, 3.05) is 0 Å². The summed E-state index contributed by atoms with van der Waals surface area (Å²) in [7, 11) is 4.69. The Morgan fingerprint density at radius 3 is 2.44 bits per heavy atom. The predicted octanol–water partition coefficient (Wildman–Crippen LogP) is 1.19. The zero-order valence-electron chi connectivity index (χ0n) is 5.99. The number of hydrogen-bond donors (Lipinski definition) is 0. The molecule has 45 valence electrons. The average molecular weight is 149 g/mol. The molecule has 5 radical (unpaired) electrons. The molecule has 0 saturated heterocycles. The first-order chi connectivity index (χ1) is 4.22. The van der Waals surface area contributed by atoms with Crippen LogP contribution in [0.25, 0.3) is 0 Å². The summed E-state index contributed by atoms with van der Waals surface area (Å²) in [4.78, 5) is 1.49. The SMILES string of the molecule is CB(C)C1=C([Si])[Si]CC1. The highest BCUT2D eigenvalue weighted by Gasteiger charge is 2.15. The highest BCUT2D eigenvalue weighted by molar-refractivity contribution is 6.73. The maximum absolute atomic E-state index is 3.65. The zero-order chi connectivity index (χ0) is 6.85. The third-order valence-electron chi connectivity index (χ3n) is 1.71. The van der Waals surface area contributed by atoms with Crippen molar-refractivity contribution >= 4 is 26.5 Å². The monoisotopic (exact) mass is 149 g/mol. The van der Waals surface area contributed by atoms with Gasteiger partial charge in [-0.2, -0.15) is 0 Å². The van der Waals surface area contributed by atoms with Gasteiger partial charge in [0.15, 0.2) is 6.71 Å². The van der Waals surface area contributed by atoms with Gasteiger partial charge in [-0.3, -0.25) is 0 Å². The van der Waals surface area contributed by atoms with E-state index in [4.69, 9.17) is 0 Å². The van der Waals surface area contributed by atoms with Crippen LogP contribution in [0.4, 0.5) is 0 Å². The Labute approximate surface area is 63.4 Å². The van der Waals surface area contributed by atoms with Crippen LogP contribution in [0.3, 0.4) is 0 Å². The van der Waals surface area contributed by atoms with E-state index in [0.29, 0.717) is 0 Å². The summed E-state index contributed by atoms with van der Waals surface area (Å²) in [6, 6.07) is 1.38. The molecule has 0 atom stereocenters. The third kappa shape index (κ3) is 1.58. The molecule has 1 heterocycles. The van der Waals surface area contributed by atoms with Crippen LogP contribution < -0.4 is 0 Å². The van der Waals surface area contributed by atoms with Crippen molar-refractivity contribution in [2.24, 2.45) is 0 Å². The van der Waals surface area contributed by atoms with Gasteiger partial charge in [0.1, 0.15) is 0 Å². The molecule has 9 heavy (non-hydrogen) atoms. The summed E-state index contributed by atoms with van der Waals surface area (Å²) >= 11 is 0. The van der Waals surface area contributed by atoms with Gasteiger partial charge in [-0.15, -0.1) is 10.3 Å². The molecular weight excluding hydrogens is 139 g/mol. The lowest BCUT2D eigenvalue weighted by Gasteiger charge is -2.03. The number of hydrogen-bond acceptors (Lipinski definition) is 0. The second-order valence-corrected chi connectivity index (χ2v) is 5.09. The Bertz CT molecular complexity index is 140. The van der Waals surface area contributed by atoms with E-state index in [9.17, 15) is 0 Å². The summed E-state index contributed by atoms with van der Waals surface area (Å²) in [5.41, 5.74) is 1.64. The lowest BCUT2D eigenvalue weighted by Crippen LogP contribution is -2.05. The van der Waals surface area contributed by atoms with Crippen molar-refractivity contribution in [2.45, 2.75) is 26.1 Å². The van der Waals surface area contributed by atoms with Crippen molar-refractivity contribution in [1.29, 1.82) is 0 Å². The Morgan fingerprint density at radius 2 is 2.22 bits per heavy atom. The molecule has 0 unspecified atom stereocenters. The third-order valence-corrected chi connectivity index (χ3v) is 3.74. The minimum Gasteiger partial charge on any atom is -0.111 e. The van der Waals surface area contributed by atoms with Crippen molar-refractivity contribution in [3.63, 3.8) is 0 Å². The molecule has 0 spiro atoms. The van der Waals surface area contributed by atoms with E-state index >= 15 is 0 Å². The highest BCUT2D eigenvalue weighted by Crippen LogP contribution is 2.20. The van der Waals surface area contributed by atoms with Crippen LogP contribution in [-0.4, -0.2) is 26.5 Å². The molecule has 0 nitrogen and oxygen atoms in total. The molecule has 0 aromatic rings. The first-order valence-electron chi connectivity index (χ1n) is 3.40. The smallest absolute Gasteiger partial charge is 0.111 e. The van der Waals surface area contributed by atoms with Crippen molar-refractivity contribution in [1.82, 2.24) is 0 Å². The Balaban J connectivity index is 2.66. The van der Waals surface area contributed by atoms with Gasteiger partial charge in [0.05, 0.1) is 19.8 Å². The van der Waals surface area contributed by atoms with E-state index < -0.39 is 0 Å². The lowest BCUT2D eigenvalue weighted by molar-refractivity contribution is 1.20. The Morgan fingerprint density at radius 1 is 1.56 bits per heavy atom. The lowest BCUT2D eigenvalue weighted by atomic mass is 9.48. The maximum atomic E-state index is 3.65. The highest BCUT2D eigenvalue weighted by atomic mass is 28.2. The van der Waals surface area contributed by atoms with Gasteiger partial charge in [0.2, 0.25) is 0 Å². The molecule has 1 aliphatic rings. The fourth-order valence-corrected chi connectivity index (χ4v) is 3.21. The molecule has 0 aromatic heterocycles. The van der Waals surface area contributed by atoms with E-state index in [1.54, 1.807) is 5.47 Å². The average Bonchev–Trinajstić information content (AvgIpc) is 2.13. The van der Waals surface area contributed by atoms with Crippen LogP contribution in [0.5, 0.6) is 0 Å². The number of allylic oxidation sites excluding steroid dienone is 1. The summed E-state index contributed by atoms with van der Waals surface area (Å²) < 4.78 is 0. The topological polar surface area (TPSA) is 0 Å². The Kier molecular flexibility index (Phi) is 2.35. The minimum atomic E-state index is 0.757. The van der Waals surface area contributed by atoms with Crippen molar-refractivity contribution in [3.8, 4) is 0 Å². The van der Waals surface area contributed by atoms with Crippen molar-refractivity contribution in [3.05, 3.63) is 10.3 Å². The largest absolute Gasteiger partial charge is 0.163 e. The van der Waals surface area contributed by atoms with E-state index in [-0.39, 0.29) is 0 Å². The van der Waals surface area contributed by atoms with Crippen LogP contribution >= 0.6 is 0 Å². The quantitative estimate of drug-likeness (QED) is 0.491. The molecular formula is C6H10BSi2. The fourth-order valence-electron chi connectivity index (χ4n) is 1.14. The summed E-state index contributed by atoms with van der Waals surface area (Å²) in [5.74, 6) is 0. The molecule has 3 heteroatoms. The minimum absolute atomic E-state index is 0.757. The second-order valence-electron chi connectivity index (χ2n) is 2.73. The first kappa shape index (κ1) is 7.35. The van der Waals surface area contributed by atoms with Gasteiger partial charge in [0, 0.05) is 0 Å². The van der Waals surface area contributed by atoms with Crippen LogP contribution in [0.2, 0.25) is 19.7 Å². The summed E-state index contributed by atoms with van der Waals surface area (Å²) in [6.45, 7) is 5.30. The van der Waals surface area contributed by atoms with Crippen LogP contribution in [-0.2, 0) is 0 Å². The van der Waals surface area contributed by atoms with Crippen molar-refractivity contribution < 1.29 is 0 Å². The zero-order valence-corrected chi connectivity index (χ0v) is 7.99. The molecule has 1 aliphatic heterocycles.